The number of hydrogen-bond acceptors (Lipinski definition) is 7. The van der Waals surface area contributed by atoms with Crippen LogP contribution < -0.4 is 9.47 Å². The fourth-order valence-electron chi connectivity index (χ4n) is 3.64. The Morgan fingerprint density at radius 2 is 1.97 bits per heavy atom. The molecule has 1 aliphatic carbocycles. The summed E-state index contributed by atoms with van der Waals surface area (Å²) in [7, 11) is 3.08. The monoisotopic (exact) mass is 408 g/mol. The van der Waals surface area contributed by atoms with E-state index >= 15 is 0 Å². The highest BCUT2D eigenvalue weighted by atomic mass is 35.5. The normalized spacial score (nSPS) is 18.0. The zero-order valence-electron chi connectivity index (χ0n) is 15.8. The van der Waals surface area contributed by atoms with Gasteiger partial charge in [0.2, 0.25) is 5.88 Å². The van der Waals surface area contributed by atoms with Crippen LogP contribution in [-0.2, 0) is 0 Å². The Labute approximate surface area is 171 Å². The Kier molecular flexibility index (Phi) is 4.28. The minimum absolute atomic E-state index is 0.243. The van der Waals surface area contributed by atoms with Crippen molar-refractivity contribution in [2.75, 3.05) is 14.2 Å². The maximum atomic E-state index is 5.93. The first-order valence-electron chi connectivity index (χ1n) is 9.09. The van der Waals surface area contributed by atoms with Crippen LogP contribution in [0.2, 0.25) is 5.15 Å². The Hall–Kier alpha value is -3.26. The van der Waals surface area contributed by atoms with Gasteiger partial charge in [-0.15, -0.1) is 0 Å². The third kappa shape index (κ3) is 3.15. The van der Waals surface area contributed by atoms with Crippen LogP contribution >= 0.6 is 11.6 Å². The SMILES string of the molecule is COc1ncc(-c2cc(C3C[C@@H]3c3ccc(Cl)nc3)c3nccn3n2)c(OC)n1. The molecule has 29 heavy (non-hydrogen) atoms. The van der Waals surface area contributed by atoms with E-state index < -0.39 is 0 Å². The van der Waals surface area contributed by atoms with E-state index in [9.17, 15) is 0 Å². The molecule has 1 saturated carbocycles. The smallest absolute Gasteiger partial charge is 0.319 e. The molecule has 9 heteroatoms. The van der Waals surface area contributed by atoms with Crippen molar-refractivity contribution < 1.29 is 9.47 Å². The highest BCUT2D eigenvalue weighted by Gasteiger charge is 2.41. The molecule has 0 N–H and O–H groups in total. The molecule has 0 saturated heterocycles. The van der Waals surface area contributed by atoms with Crippen LogP contribution in [0.4, 0.5) is 0 Å². The van der Waals surface area contributed by atoms with E-state index in [1.165, 1.54) is 12.7 Å². The molecule has 0 aromatic carbocycles. The summed E-state index contributed by atoms with van der Waals surface area (Å²) in [6, 6.07) is 6.15. The van der Waals surface area contributed by atoms with Crippen molar-refractivity contribution in [1.29, 1.82) is 0 Å². The van der Waals surface area contributed by atoms with Crippen molar-refractivity contribution in [2.24, 2.45) is 0 Å². The van der Waals surface area contributed by atoms with Gasteiger partial charge in [0.05, 0.1) is 25.5 Å². The molecule has 1 aliphatic rings. The lowest BCUT2D eigenvalue weighted by molar-refractivity contribution is 0.353. The van der Waals surface area contributed by atoms with Gasteiger partial charge in [-0.05, 0) is 36.0 Å². The Bertz CT molecular complexity index is 1190. The van der Waals surface area contributed by atoms with E-state index in [2.05, 4.69) is 25.0 Å². The number of hydrogen-bond donors (Lipinski definition) is 0. The van der Waals surface area contributed by atoms with Crippen LogP contribution in [0, 0.1) is 0 Å². The highest BCUT2D eigenvalue weighted by Crippen LogP contribution is 2.55. The van der Waals surface area contributed by atoms with Gasteiger partial charge in [0.15, 0.2) is 5.65 Å². The van der Waals surface area contributed by atoms with E-state index in [0.717, 1.165) is 17.6 Å². The molecule has 4 aromatic heterocycles. The molecule has 1 fully saturated rings. The molecule has 0 bridgehead atoms. The summed E-state index contributed by atoms with van der Waals surface area (Å²) in [5.41, 5.74) is 4.54. The number of nitrogens with zero attached hydrogens (tertiary/aromatic N) is 6. The van der Waals surface area contributed by atoms with Crippen molar-refractivity contribution in [3.8, 4) is 23.1 Å². The zero-order chi connectivity index (χ0) is 20.0. The Morgan fingerprint density at radius 1 is 1.07 bits per heavy atom. The average molecular weight is 409 g/mol. The molecule has 0 spiro atoms. The first-order chi connectivity index (χ1) is 14.2. The van der Waals surface area contributed by atoms with Gasteiger partial charge in [0.1, 0.15) is 5.15 Å². The van der Waals surface area contributed by atoms with E-state index in [1.807, 2.05) is 30.6 Å². The van der Waals surface area contributed by atoms with Crippen LogP contribution in [0.1, 0.15) is 29.4 Å². The quantitative estimate of drug-likeness (QED) is 0.467. The molecule has 2 atom stereocenters. The standard InChI is InChI=1S/C20H17ClN6O2/c1-28-19-15(10-24-20(25-19)29-2)16-8-14(18-22-5-6-27(18)26-16)13-7-12(13)11-3-4-17(21)23-9-11/h3-6,8-10,12-13H,7H2,1-2H3/t12-,13?/m1/s1. The average Bonchev–Trinajstić information content (AvgIpc) is 3.41. The lowest BCUT2D eigenvalue weighted by Crippen LogP contribution is -2.02. The van der Waals surface area contributed by atoms with E-state index in [1.54, 1.807) is 24.0 Å². The van der Waals surface area contributed by atoms with Crippen LogP contribution in [0.3, 0.4) is 0 Å². The number of ether oxygens (including phenoxy) is 2. The van der Waals surface area contributed by atoms with E-state index in [-0.39, 0.29) is 6.01 Å². The van der Waals surface area contributed by atoms with Crippen molar-refractivity contribution >= 4 is 17.2 Å². The van der Waals surface area contributed by atoms with Crippen LogP contribution in [0.15, 0.2) is 43.0 Å². The van der Waals surface area contributed by atoms with Crippen molar-refractivity contribution in [3.63, 3.8) is 0 Å². The Balaban J connectivity index is 1.58. The fraction of sp³-hybridized carbons (Fsp3) is 0.250. The molecule has 0 radical (unpaired) electrons. The number of imidazole rings is 1. The minimum atomic E-state index is 0.243. The predicted molar refractivity (Wildman–Crippen MR) is 106 cm³/mol. The second kappa shape index (κ2) is 6.97. The molecule has 146 valence electrons. The first kappa shape index (κ1) is 17.8. The largest absolute Gasteiger partial charge is 0.480 e. The molecule has 1 unspecified atom stereocenters. The first-order valence-corrected chi connectivity index (χ1v) is 9.47. The third-order valence-corrected chi connectivity index (χ3v) is 5.36. The van der Waals surface area contributed by atoms with Crippen LogP contribution in [0.25, 0.3) is 16.9 Å². The van der Waals surface area contributed by atoms with Crippen LogP contribution in [0.5, 0.6) is 11.9 Å². The van der Waals surface area contributed by atoms with Gasteiger partial charge in [0, 0.05) is 30.4 Å². The van der Waals surface area contributed by atoms with Gasteiger partial charge in [-0.25, -0.2) is 19.5 Å². The highest BCUT2D eigenvalue weighted by molar-refractivity contribution is 6.29. The van der Waals surface area contributed by atoms with Crippen LogP contribution in [-0.4, -0.2) is 43.8 Å². The van der Waals surface area contributed by atoms with Crippen molar-refractivity contribution in [2.45, 2.75) is 18.3 Å². The van der Waals surface area contributed by atoms with E-state index in [0.29, 0.717) is 34.1 Å². The summed E-state index contributed by atoms with van der Waals surface area (Å²) in [6.45, 7) is 0. The zero-order valence-corrected chi connectivity index (χ0v) is 16.5. The number of halogens is 1. The summed E-state index contributed by atoms with van der Waals surface area (Å²) in [6.07, 6.45) is 8.11. The number of pyridine rings is 1. The molecule has 0 aliphatic heterocycles. The molecule has 8 nitrogen and oxygen atoms in total. The maximum Gasteiger partial charge on any atom is 0.319 e. The van der Waals surface area contributed by atoms with Gasteiger partial charge >= 0.3 is 6.01 Å². The molecule has 4 heterocycles. The van der Waals surface area contributed by atoms with E-state index in [4.69, 9.17) is 21.1 Å². The summed E-state index contributed by atoms with van der Waals surface area (Å²) >= 11 is 5.93. The number of fused-ring (bicyclic) bond motifs is 1. The van der Waals surface area contributed by atoms with Gasteiger partial charge in [-0.3, -0.25) is 0 Å². The molecule has 5 rings (SSSR count). The topological polar surface area (TPSA) is 87.3 Å². The number of methoxy groups -OCH3 is 2. The fourth-order valence-corrected chi connectivity index (χ4v) is 3.75. The molecular weight excluding hydrogens is 392 g/mol. The third-order valence-electron chi connectivity index (χ3n) is 5.14. The Morgan fingerprint density at radius 3 is 2.72 bits per heavy atom. The lowest BCUT2D eigenvalue weighted by Gasteiger charge is -2.10. The van der Waals surface area contributed by atoms with Crippen molar-refractivity contribution in [1.82, 2.24) is 29.5 Å². The lowest BCUT2D eigenvalue weighted by atomic mass is 10.1. The number of aromatic nitrogens is 6. The van der Waals surface area contributed by atoms with Gasteiger partial charge in [-0.1, -0.05) is 17.7 Å². The second-order valence-electron chi connectivity index (χ2n) is 6.82. The summed E-state index contributed by atoms with van der Waals surface area (Å²) in [5, 5.41) is 5.17. The molecule has 0 amide bonds. The maximum absolute atomic E-state index is 5.93. The molecular formula is C20H17ClN6O2. The minimum Gasteiger partial charge on any atom is -0.480 e. The van der Waals surface area contributed by atoms with Gasteiger partial charge in [-0.2, -0.15) is 10.1 Å². The second-order valence-corrected chi connectivity index (χ2v) is 7.21. The summed E-state index contributed by atoms with van der Waals surface area (Å²) in [5.74, 6) is 1.11. The van der Waals surface area contributed by atoms with Crippen molar-refractivity contribution in [3.05, 3.63) is 59.3 Å². The summed E-state index contributed by atoms with van der Waals surface area (Å²) in [4.78, 5) is 17.2. The van der Waals surface area contributed by atoms with Gasteiger partial charge < -0.3 is 9.47 Å². The predicted octanol–water partition coefficient (Wildman–Crippen LogP) is 3.52. The molecule has 4 aromatic rings. The summed E-state index contributed by atoms with van der Waals surface area (Å²) < 4.78 is 12.3. The number of rotatable bonds is 5. The van der Waals surface area contributed by atoms with Gasteiger partial charge in [0.25, 0.3) is 0 Å².